The van der Waals surface area contributed by atoms with Gasteiger partial charge in [-0.2, -0.15) is 5.26 Å². The zero-order valence-electron chi connectivity index (χ0n) is 7.66. The van der Waals surface area contributed by atoms with Crippen LogP contribution in [0.2, 0.25) is 0 Å². The molecule has 0 fully saturated rings. The maximum absolute atomic E-state index is 10.8. The van der Waals surface area contributed by atoms with Crippen LogP contribution in [0.25, 0.3) is 0 Å². The van der Waals surface area contributed by atoms with Crippen LogP contribution in [0.5, 0.6) is 0 Å². The van der Waals surface area contributed by atoms with Crippen molar-refractivity contribution in [3.05, 3.63) is 12.7 Å². The Morgan fingerprint density at radius 2 is 2.46 bits per heavy atom. The minimum Gasteiger partial charge on any atom is -0.435 e. The van der Waals surface area contributed by atoms with E-state index in [0.29, 0.717) is 12.8 Å². The summed E-state index contributed by atoms with van der Waals surface area (Å²) in [5, 5.41) is 8.55. The van der Waals surface area contributed by atoms with Crippen molar-refractivity contribution < 1.29 is 14.3 Å². The number of hydrogen-bond donors (Lipinski definition) is 0. The van der Waals surface area contributed by atoms with Crippen molar-refractivity contribution in [3.63, 3.8) is 0 Å². The first-order valence-electron chi connectivity index (χ1n) is 4.08. The molecule has 4 nitrogen and oxygen atoms in total. The highest BCUT2D eigenvalue weighted by atomic mass is 16.7. The summed E-state index contributed by atoms with van der Waals surface area (Å²) in [5.41, 5.74) is 0. The van der Waals surface area contributed by atoms with E-state index in [9.17, 15) is 4.79 Å². The Hall–Kier alpha value is -1.50. The quantitative estimate of drug-likeness (QED) is 0.483. The zero-order valence-corrected chi connectivity index (χ0v) is 7.66. The molecule has 0 saturated carbocycles. The van der Waals surface area contributed by atoms with Gasteiger partial charge in [-0.15, -0.1) is 6.58 Å². The highest BCUT2D eigenvalue weighted by Gasteiger charge is 2.12. The number of ether oxygens (including phenoxy) is 2. The Bertz CT molecular complexity index is 207. The summed E-state index contributed by atoms with van der Waals surface area (Å²) in [6.07, 6.45) is 1.23. The number of nitriles is 1. The lowest BCUT2D eigenvalue weighted by atomic mass is 10.2. The van der Waals surface area contributed by atoms with Crippen LogP contribution in [0.1, 0.15) is 19.8 Å². The molecule has 0 aliphatic carbocycles. The van der Waals surface area contributed by atoms with E-state index >= 15 is 0 Å². The predicted molar refractivity (Wildman–Crippen MR) is 46.9 cm³/mol. The van der Waals surface area contributed by atoms with Crippen LogP contribution in [0.4, 0.5) is 4.79 Å². The highest BCUT2D eigenvalue weighted by molar-refractivity contribution is 5.60. The molecule has 0 heterocycles. The molecule has 0 bridgehead atoms. The van der Waals surface area contributed by atoms with E-state index < -0.39 is 12.3 Å². The number of carbonyl (C=O) groups is 1. The number of nitrogens with zero attached hydrogens (tertiary/aromatic N) is 1. The third-order valence-corrected chi connectivity index (χ3v) is 1.28. The van der Waals surface area contributed by atoms with Crippen LogP contribution in [0, 0.1) is 11.3 Å². The Morgan fingerprint density at radius 3 is 2.92 bits per heavy atom. The number of carbonyl (C=O) groups excluding carboxylic acids is 1. The monoisotopic (exact) mass is 183 g/mol. The van der Waals surface area contributed by atoms with Crippen LogP contribution in [-0.4, -0.2) is 18.9 Å². The molecular weight excluding hydrogens is 170 g/mol. The molecule has 0 aliphatic heterocycles. The third-order valence-electron chi connectivity index (χ3n) is 1.28. The van der Waals surface area contributed by atoms with Gasteiger partial charge >= 0.3 is 6.16 Å². The molecule has 0 aromatic rings. The van der Waals surface area contributed by atoms with Crippen molar-refractivity contribution in [2.45, 2.75) is 25.9 Å². The molecule has 13 heavy (non-hydrogen) atoms. The SMILES string of the molecule is C=CCCC(C#N)OC(=O)OCC. The van der Waals surface area contributed by atoms with Crippen molar-refractivity contribution in [2.24, 2.45) is 0 Å². The normalized spacial score (nSPS) is 11.1. The number of rotatable bonds is 5. The van der Waals surface area contributed by atoms with Gasteiger partial charge in [0.1, 0.15) is 6.07 Å². The van der Waals surface area contributed by atoms with Crippen molar-refractivity contribution >= 4 is 6.16 Å². The van der Waals surface area contributed by atoms with E-state index in [1.807, 2.05) is 6.07 Å². The molecule has 72 valence electrons. The molecule has 1 atom stereocenters. The van der Waals surface area contributed by atoms with Gasteiger partial charge < -0.3 is 9.47 Å². The lowest BCUT2D eigenvalue weighted by Crippen LogP contribution is -2.17. The minimum absolute atomic E-state index is 0.248. The topological polar surface area (TPSA) is 59.3 Å². The number of hydrogen-bond acceptors (Lipinski definition) is 4. The van der Waals surface area contributed by atoms with Crippen molar-refractivity contribution in [2.75, 3.05) is 6.61 Å². The second-order valence-electron chi connectivity index (χ2n) is 2.28. The molecule has 1 unspecified atom stereocenters. The zero-order chi connectivity index (χ0) is 10.1. The second-order valence-corrected chi connectivity index (χ2v) is 2.28. The van der Waals surface area contributed by atoms with Gasteiger partial charge in [-0.25, -0.2) is 4.79 Å². The molecule has 0 aromatic carbocycles. The van der Waals surface area contributed by atoms with Crippen LogP contribution < -0.4 is 0 Å². The highest BCUT2D eigenvalue weighted by Crippen LogP contribution is 2.03. The maximum atomic E-state index is 10.8. The molecule has 0 spiro atoms. The Balaban J connectivity index is 3.77. The molecule has 0 aliphatic rings. The molecule has 0 aromatic heterocycles. The Kier molecular flexibility index (Phi) is 6.34. The summed E-state index contributed by atoms with van der Waals surface area (Å²) in [7, 11) is 0. The molecule has 0 radical (unpaired) electrons. The smallest absolute Gasteiger partial charge is 0.435 e. The van der Waals surface area contributed by atoms with Crippen molar-refractivity contribution in [3.8, 4) is 6.07 Å². The van der Waals surface area contributed by atoms with E-state index in [4.69, 9.17) is 5.26 Å². The average molecular weight is 183 g/mol. The first-order chi connectivity index (χ1) is 6.24. The summed E-state index contributed by atoms with van der Waals surface area (Å²) in [4.78, 5) is 10.8. The average Bonchev–Trinajstić information content (AvgIpc) is 2.12. The van der Waals surface area contributed by atoms with E-state index in [-0.39, 0.29) is 6.61 Å². The summed E-state index contributed by atoms with van der Waals surface area (Å²) in [6, 6.07) is 1.86. The fourth-order valence-corrected chi connectivity index (χ4v) is 0.687. The first kappa shape index (κ1) is 11.5. The Labute approximate surface area is 77.8 Å². The van der Waals surface area contributed by atoms with Gasteiger partial charge in [-0.05, 0) is 13.3 Å². The molecule has 0 N–H and O–H groups in total. The molecule has 4 heteroatoms. The maximum Gasteiger partial charge on any atom is 0.509 e. The third kappa shape index (κ3) is 5.74. The summed E-state index contributed by atoms with van der Waals surface area (Å²) < 4.78 is 9.19. The fraction of sp³-hybridized carbons (Fsp3) is 0.556. The standard InChI is InChI=1S/C9H13NO3/c1-3-5-6-8(7-10)13-9(11)12-4-2/h3,8H,1,4-6H2,2H3. The summed E-state index contributed by atoms with van der Waals surface area (Å²) in [5.74, 6) is 0. The summed E-state index contributed by atoms with van der Waals surface area (Å²) >= 11 is 0. The second kappa shape index (κ2) is 7.17. The van der Waals surface area contributed by atoms with E-state index in [0.717, 1.165) is 0 Å². The minimum atomic E-state index is -0.793. The van der Waals surface area contributed by atoms with E-state index in [2.05, 4.69) is 16.1 Å². The van der Waals surface area contributed by atoms with Crippen LogP contribution >= 0.6 is 0 Å². The van der Waals surface area contributed by atoms with Gasteiger partial charge in [0.2, 0.25) is 0 Å². The van der Waals surface area contributed by atoms with Gasteiger partial charge in [0.25, 0.3) is 0 Å². The van der Waals surface area contributed by atoms with Gasteiger partial charge in [0, 0.05) is 6.42 Å². The van der Waals surface area contributed by atoms with Crippen LogP contribution in [0.3, 0.4) is 0 Å². The van der Waals surface area contributed by atoms with E-state index in [1.165, 1.54) is 0 Å². The fourth-order valence-electron chi connectivity index (χ4n) is 0.687. The molecular formula is C9H13NO3. The van der Waals surface area contributed by atoms with Crippen molar-refractivity contribution in [1.82, 2.24) is 0 Å². The van der Waals surface area contributed by atoms with Gasteiger partial charge in [0.05, 0.1) is 6.61 Å². The van der Waals surface area contributed by atoms with Crippen LogP contribution in [0.15, 0.2) is 12.7 Å². The largest absolute Gasteiger partial charge is 0.509 e. The van der Waals surface area contributed by atoms with Gasteiger partial charge in [-0.1, -0.05) is 6.08 Å². The van der Waals surface area contributed by atoms with Crippen LogP contribution in [-0.2, 0) is 9.47 Å². The molecule has 0 saturated heterocycles. The number of allylic oxidation sites excluding steroid dienone is 1. The lowest BCUT2D eigenvalue weighted by Gasteiger charge is -2.08. The van der Waals surface area contributed by atoms with Gasteiger partial charge in [-0.3, -0.25) is 0 Å². The first-order valence-corrected chi connectivity index (χ1v) is 4.08. The predicted octanol–water partition coefficient (Wildman–Crippen LogP) is 2.02. The molecule has 0 rings (SSSR count). The van der Waals surface area contributed by atoms with Crippen molar-refractivity contribution in [1.29, 1.82) is 5.26 Å². The lowest BCUT2D eigenvalue weighted by molar-refractivity contribution is 0.0406. The molecule has 0 amide bonds. The Morgan fingerprint density at radius 1 is 1.77 bits per heavy atom. The van der Waals surface area contributed by atoms with E-state index in [1.54, 1.807) is 13.0 Å². The summed E-state index contributed by atoms with van der Waals surface area (Å²) in [6.45, 7) is 5.42. The van der Waals surface area contributed by atoms with Gasteiger partial charge in [0.15, 0.2) is 6.10 Å².